The minimum atomic E-state index is -1.84. The van der Waals surface area contributed by atoms with Crippen molar-refractivity contribution in [3.63, 3.8) is 0 Å². The maximum atomic E-state index is 15.1. The second-order valence-corrected chi connectivity index (χ2v) is 25.3. The lowest BCUT2D eigenvalue weighted by molar-refractivity contribution is -0.143. The second kappa shape index (κ2) is 33.7. The van der Waals surface area contributed by atoms with Gasteiger partial charge in [0.1, 0.15) is 54.4 Å². The van der Waals surface area contributed by atoms with Gasteiger partial charge in [0.2, 0.25) is 65.0 Å². The highest BCUT2D eigenvalue weighted by molar-refractivity contribution is 6.01. The predicted molar refractivity (Wildman–Crippen MR) is 349 cm³/mol. The maximum Gasteiger partial charge on any atom is 0.258 e. The fourth-order valence-corrected chi connectivity index (χ4v) is 11.6. The SMILES string of the molecule is CC(C)C[C@@H]1NC(=O)[C@@H](CCCN)NC(=O)[C@H](C(C)C)NC(=O)C(Cc2c[nH]c3ccccc23)NC(=O)[C@H](CCC(N)=O)NC(=O)[C@H](CC(N)=O)NC(=O)[C@@H](Cc2c[nH]c3ccccc23)NC(=O)[C@H](CC(C)C)NC(=O)[C@@H]2NCCN2C(=O)[C@@H](Cc2ccccc2)NC1=O. The van der Waals surface area contributed by atoms with Crippen LogP contribution in [0.3, 0.4) is 0 Å². The zero-order valence-corrected chi connectivity index (χ0v) is 53.9. The first-order valence-corrected chi connectivity index (χ1v) is 32.0. The summed E-state index contributed by atoms with van der Waals surface area (Å²) in [6.45, 7) is 10.7. The molecule has 2 saturated heterocycles. The highest BCUT2D eigenvalue weighted by atomic mass is 16.2. The lowest BCUT2D eigenvalue weighted by atomic mass is 9.98. The van der Waals surface area contributed by atoms with Gasteiger partial charge in [-0.1, -0.05) is 108 Å². The Kier molecular flexibility index (Phi) is 25.8. The van der Waals surface area contributed by atoms with E-state index in [4.69, 9.17) is 17.2 Å². The number of para-hydroxylation sites is 2. The van der Waals surface area contributed by atoms with Gasteiger partial charge in [-0.15, -0.1) is 0 Å². The molecule has 3 aromatic carbocycles. The fourth-order valence-electron chi connectivity index (χ4n) is 11.6. The number of fused-ring (bicyclic) bond motifs is 3. The minimum absolute atomic E-state index is 0.0101. The molecule has 12 amide bonds. The first-order valence-electron chi connectivity index (χ1n) is 32.0. The molecule has 0 spiro atoms. The standard InChI is InChI=1S/C66H90N16O12/c1-35(2)27-47-60(88)80-52(29-38-15-8-7-9-16-38)66(94)82-26-25-70-56(82)65(93)79-48(28-36(3)4)59(87)77-49(30-39-33-71-43-19-12-10-17-41(39)43)61(89)78-51(32-54(69)84)62(90)73-46(22-23-53(68)83)58(86)76-50(31-40-34-72-44-20-13-11-18-42(40)44)63(91)81-55(37(5)6)64(92)74-45(21-14-24-67)57(85)75-47/h7-13,15-20,33-37,45-52,55-56,70-72H,14,21-32,67H2,1-6H3,(H2,68,83)(H2,69,84)(H,73,90)(H,74,92)(H,75,85)(H,76,86)(H,77,87)(H,78,89)(H,79,93)(H,80,88)(H,81,91)/t45-,46+,47+,48+,49-,50?,51+,52-,55+,56-/m1/s1. The summed E-state index contributed by atoms with van der Waals surface area (Å²) in [6, 6.07) is 9.75. The third-order valence-electron chi connectivity index (χ3n) is 16.5. The number of carbonyl (C=O) groups excluding carboxylic acids is 12. The molecule has 2 aliphatic rings. The van der Waals surface area contributed by atoms with E-state index in [-0.39, 0.29) is 76.4 Å². The summed E-state index contributed by atoms with van der Waals surface area (Å²) in [6.07, 6.45) is -0.153. The molecular formula is C66H90N16O12. The Balaban J connectivity index is 1.32. The predicted octanol–water partition coefficient (Wildman–Crippen LogP) is -0.560. The average Bonchev–Trinajstić information content (AvgIpc) is 1.64. The molecule has 18 N–H and O–H groups in total. The molecule has 1 unspecified atom stereocenters. The van der Waals surface area contributed by atoms with Crippen LogP contribution < -0.4 is 70.4 Å². The van der Waals surface area contributed by atoms with Gasteiger partial charge in [-0.3, -0.25) is 62.9 Å². The number of rotatable bonds is 19. The molecule has 0 aliphatic carbocycles. The Hall–Kier alpha value is -9.70. The van der Waals surface area contributed by atoms with E-state index in [1.54, 1.807) is 119 Å². The number of hydrogen-bond donors (Lipinski definition) is 15. The largest absolute Gasteiger partial charge is 0.370 e. The number of hydrogen-bond acceptors (Lipinski definition) is 14. The van der Waals surface area contributed by atoms with Gasteiger partial charge in [0.25, 0.3) is 5.91 Å². The van der Waals surface area contributed by atoms with Crippen LogP contribution in [0.25, 0.3) is 21.8 Å². The average molecular weight is 1300 g/mol. The molecule has 0 saturated carbocycles. The number of H-pyrrole nitrogens is 2. The van der Waals surface area contributed by atoms with E-state index in [1.807, 2.05) is 13.8 Å². The number of nitrogens with one attached hydrogen (secondary N) is 12. The van der Waals surface area contributed by atoms with E-state index in [2.05, 4.69) is 63.1 Å². The Labute approximate surface area is 545 Å². The summed E-state index contributed by atoms with van der Waals surface area (Å²) in [7, 11) is 0. The van der Waals surface area contributed by atoms with Gasteiger partial charge < -0.3 is 79.9 Å². The summed E-state index contributed by atoms with van der Waals surface area (Å²) >= 11 is 0. The number of nitrogens with zero attached hydrogens (tertiary/aromatic N) is 1. The fraction of sp³-hybridized carbons (Fsp3) is 0.485. The molecule has 28 heteroatoms. The molecule has 5 aromatic rings. The molecule has 506 valence electrons. The van der Waals surface area contributed by atoms with E-state index >= 15 is 4.79 Å². The lowest BCUT2D eigenvalue weighted by Crippen LogP contribution is -2.63. The van der Waals surface area contributed by atoms with Crippen LogP contribution in [-0.2, 0) is 76.8 Å². The summed E-state index contributed by atoms with van der Waals surface area (Å²) in [5, 5.41) is 28.9. The monoisotopic (exact) mass is 1300 g/mol. The number of benzene rings is 3. The van der Waals surface area contributed by atoms with Crippen molar-refractivity contribution in [3.8, 4) is 0 Å². The van der Waals surface area contributed by atoms with Gasteiger partial charge in [-0.25, -0.2) is 0 Å². The number of aromatic amines is 2. The Morgan fingerprint density at radius 1 is 0.479 bits per heavy atom. The highest BCUT2D eigenvalue weighted by Crippen LogP contribution is 2.23. The number of amides is 12. The van der Waals surface area contributed by atoms with Crippen LogP contribution in [0.2, 0.25) is 0 Å². The molecule has 2 aromatic heterocycles. The third-order valence-corrected chi connectivity index (χ3v) is 16.5. The van der Waals surface area contributed by atoms with Crippen LogP contribution in [-0.4, -0.2) is 166 Å². The van der Waals surface area contributed by atoms with Crippen molar-refractivity contribution < 1.29 is 57.5 Å². The second-order valence-electron chi connectivity index (χ2n) is 25.3. The Morgan fingerprint density at radius 3 is 1.44 bits per heavy atom. The van der Waals surface area contributed by atoms with Crippen LogP contribution >= 0.6 is 0 Å². The van der Waals surface area contributed by atoms with Crippen molar-refractivity contribution in [2.75, 3.05) is 19.6 Å². The smallest absolute Gasteiger partial charge is 0.258 e. The summed E-state index contributed by atoms with van der Waals surface area (Å²) in [4.78, 5) is 181. The minimum Gasteiger partial charge on any atom is -0.370 e. The van der Waals surface area contributed by atoms with Crippen LogP contribution in [0, 0.1) is 17.8 Å². The van der Waals surface area contributed by atoms with E-state index in [0.717, 1.165) is 0 Å². The van der Waals surface area contributed by atoms with Crippen LogP contribution in [0.5, 0.6) is 0 Å². The summed E-state index contributed by atoms with van der Waals surface area (Å²) < 4.78 is 0. The Bertz CT molecular complexity index is 3530. The summed E-state index contributed by atoms with van der Waals surface area (Å²) in [5.41, 5.74) is 20.3. The molecular weight excluding hydrogens is 1210 g/mol. The van der Waals surface area contributed by atoms with E-state index in [9.17, 15) is 52.7 Å². The number of nitrogens with two attached hydrogens (primary N) is 3. The topological polar surface area (TPSA) is 438 Å². The molecule has 28 nitrogen and oxygen atoms in total. The Morgan fingerprint density at radius 2 is 0.915 bits per heavy atom. The lowest BCUT2D eigenvalue weighted by Gasteiger charge is -2.31. The molecule has 0 radical (unpaired) electrons. The first-order chi connectivity index (χ1) is 44.8. The van der Waals surface area contributed by atoms with Crippen molar-refractivity contribution >= 4 is 92.7 Å². The molecule has 94 heavy (non-hydrogen) atoms. The van der Waals surface area contributed by atoms with E-state index < -0.39 is 157 Å². The van der Waals surface area contributed by atoms with Crippen LogP contribution in [0.15, 0.2) is 91.3 Å². The molecule has 10 atom stereocenters. The van der Waals surface area contributed by atoms with Gasteiger partial charge in [-0.05, 0) is 85.2 Å². The van der Waals surface area contributed by atoms with Crippen molar-refractivity contribution in [1.29, 1.82) is 0 Å². The van der Waals surface area contributed by atoms with Crippen molar-refractivity contribution in [1.82, 2.24) is 68.0 Å². The van der Waals surface area contributed by atoms with Crippen molar-refractivity contribution in [2.45, 2.75) is 166 Å². The van der Waals surface area contributed by atoms with Gasteiger partial charge >= 0.3 is 0 Å². The molecule has 7 rings (SSSR count). The van der Waals surface area contributed by atoms with Crippen molar-refractivity contribution in [3.05, 3.63) is 108 Å². The zero-order chi connectivity index (χ0) is 68.3. The quantitative estimate of drug-likeness (QED) is 0.0493. The summed E-state index contributed by atoms with van der Waals surface area (Å²) in [5.74, 6) is -11.9. The number of carbonyl (C=O) groups is 12. The van der Waals surface area contributed by atoms with Crippen LogP contribution in [0.4, 0.5) is 0 Å². The third kappa shape index (κ3) is 19.9. The zero-order valence-electron chi connectivity index (χ0n) is 53.9. The van der Waals surface area contributed by atoms with Gasteiger partial charge in [0.05, 0.1) is 6.42 Å². The number of aromatic nitrogens is 2. The van der Waals surface area contributed by atoms with Crippen LogP contribution in [0.1, 0.15) is 103 Å². The first kappa shape index (κ1) is 71.7. The maximum absolute atomic E-state index is 15.1. The molecule has 2 aliphatic heterocycles. The van der Waals surface area contributed by atoms with Gasteiger partial charge in [0.15, 0.2) is 6.17 Å². The highest BCUT2D eigenvalue weighted by Gasteiger charge is 2.42. The van der Waals surface area contributed by atoms with Gasteiger partial charge in [-0.2, -0.15) is 0 Å². The molecule has 4 heterocycles. The number of primary amides is 2. The van der Waals surface area contributed by atoms with E-state index in [0.29, 0.717) is 38.5 Å². The molecule has 0 bridgehead atoms. The normalized spacial score (nSPS) is 24.0. The van der Waals surface area contributed by atoms with E-state index in [1.165, 1.54) is 4.90 Å². The van der Waals surface area contributed by atoms with Gasteiger partial charge in [0, 0.05) is 73.0 Å². The molecule has 2 fully saturated rings. The van der Waals surface area contributed by atoms with Crippen molar-refractivity contribution in [2.24, 2.45) is 35.0 Å².